The van der Waals surface area contributed by atoms with E-state index in [-0.39, 0.29) is 29.9 Å². The standard InChI is InChI=1S/C19H16N4O4S2/c24-14(12-5-2-1-3-6-12)9-15-17(25)23(10-13-7-4-8-27-13)18(29-15)22-21-16-11-28-19(26)20-16/h1-8,15H,9-11H2,(H,20,21,26)/b22-18+/t15-/m1/s1. The smallest absolute Gasteiger partial charge is 0.284 e. The molecule has 8 nitrogen and oxygen atoms in total. The fourth-order valence-corrected chi connectivity index (χ4v) is 4.49. The van der Waals surface area contributed by atoms with Crippen molar-refractivity contribution in [3.05, 3.63) is 60.1 Å². The van der Waals surface area contributed by atoms with Gasteiger partial charge in [-0.1, -0.05) is 53.9 Å². The molecule has 0 spiro atoms. The second-order valence-corrected chi connectivity index (χ2v) is 8.35. The second kappa shape index (κ2) is 8.66. The van der Waals surface area contributed by atoms with Gasteiger partial charge in [-0.3, -0.25) is 19.3 Å². The van der Waals surface area contributed by atoms with E-state index < -0.39 is 5.25 Å². The van der Waals surface area contributed by atoms with Crippen molar-refractivity contribution < 1.29 is 18.8 Å². The second-order valence-electron chi connectivity index (χ2n) is 6.23. The van der Waals surface area contributed by atoms with E-state index in [1.54, 1.807) is 36.4 Å². The van der Waals surface area contributed by atoms with Crippen LogP contribution in [0.3, 0.4) is 0 Å². The molecule has 0 unspecified atom stereocenters. The minimum absolute atomic E-state index is 0.0599. The lowest BCUT2D eigenvalue weighted by molar-refractivity contribution is -0.126. The van der Waals surface area contributed by atoms with Crippen LogP contribution in [0.4, 0.5) is 4.79 Å². The number of carbonyl (C=O) groups excluding carboxylic acids is 3. The minimum atomic E-state index is -0.593. The maximum atomic E-state index is 13.0. The number of nitrogens with one attached hydrogen (secondary N) is 1. The molecule has 0 aliphatic carbocycles. The summed E-state index contributed by atoms with van der Waals surface area (Å²) in [6.07, 6.45) is 1.59. The summed E-state index contributed by atoms with van der Waals surface area (Å²) in [6, 6.07) is 12.4. The Bertz CT molecular complexity index is 989. The normalized spacial score (nSPS) is 21.9. The van der Waals surface area contributed by atoms with Crippen LogP contribution in [-0.2, 0) is 11.3 Å². The molecule has 1 aromatic carbocycles. The minimum Gasteiger partial charge on any atom is -0.467 e. The Morgan fingerprint density at radius 1 is 1.17 bits per heavy atom. The van der Waals surface area contributed by atoms with Crippen LogP contribution in [-0.4, -0.2) is 43.8 Å². The number of carbonyl (C=O) groups is 3. The molecule has 148 valence electrons. The third-order valence-electron chi connectivity index (χ3n) is 4.22. The first kappa shape index (κ1) is 19.5. The highest BCUT2D eigenvalue weighted by molar-refractivity contribution is 8.15. The summed E-state index contributed by atoms with van der Waals surface area (Å²) in [5, 5.41) is 10.4. The van der Waals surface area contributed by atoms with Gasteiger partial charge in [-0.25, -0.2) is 0 Å². The van der Waals surface area contributed by atoms with Crippen molar-refractivity contribution in [1.29, 1.82) is 0 Å². The highest BCUT2D eigenvalue weighted by Gasteiger charge is 2.40. The monoisotopic (exact) mass is 428 g/mol. The number of amidine groups is 2. The molecule has 0 bridgehead atoms. The summed E-state index contributed by atoms with van der Waals surface area (Å²) in [4.78, 5) is 38.3. The summed E-state index contributed by atoms with van der Waals surface area (Å²) in [5.74, 6) is 1.10. The molecule has 2 saturated heterocycles. The third-order valence-corrected chi connectivity index (χ3v) is 6.17. The third kappa shape index (κ3) is 4.60. The number of Topliss-reactive ketones (excluding diaryl/α,β-unsaturated/α-hetero) is 1. The van der Waals surface area contributed by atoms with E-state index in [2.05, 4.69) is 15.5 Å². The van der Waals surface area contributed by atoms with E-state index in [0.29, 0.717) is 28.1 Å². The lowest BCUT2D eigenvalue weighted by atomic mass is 10.1. The van der Waals surface area contributed by atoms with Crippen LogP contribution >= 0.6 is 23.5 Å². The Balaban J connectivity index is 1.54. The first-order valence-corrected chi connectivity index (χ1v) is 10.6. The summed E-state index contributed by atoms with van der Waals surface area (Å²) in [5.41, 5.74) is 0.565. The number of furan rings is 1. The van der Waals surface area contributed by atoms with Gasteiger partial charge >= 0.3 is 0 Å². The largest absolute Gasteiger partial charge is 0.467 e. The number of ketones is 1. The Hall–Kier alpha value is -2.85. The molecule has 0 saturated carbocycles. The maximum absolute atomic E-state index is 13.0. The van der Waals surface area contributed by atoms with Gasteiger partial charge in [-0.05, 0) is 12.1 Å². The number of thioether (sulfide) groups is 2. The zero-order valence-electron chi connectivity index (χ0n) is 15.1. The van der Waals surface area contributed by atoms with Crippen molar-refractivity contribution in [2.24, 2.45) is 10.2 Å². The van der Waals surface area contributed by atoms with E-state index in [1.165, 1.54) is 22.9 Å². The molecule has 1 atom stereocenters. The quantitative estimate of drug-likeness (QED) is 0.560. The zero-order chi connectivity index (χ0) is 20.2. The van der Waals surface area contributed by atoms with E-state index in [4.69, 9.17) is 4.42 Å². The van der Waals surface area contributed by atoms with Crippen LogP contribution in [0.2, 0.25) is 0 Å². The molecule has 2 fully saturated rings. The first-order valence-electron chi connectivity index (χ1n) is 8.77. The Morgan fingerprint density at radius 2 is 2.00 bits per heavy atom. The summed E-state index contributed by atoms with van der Waals surface area (Å²) in [7, 11) is 0. The van der Waals surface area contributed by atoms with Crippen LogP contribution in [0, 0.1) is 0 Å². The Kier molecular flexibility index (Phi) is 5.81. The van der Waals surface area contributed by atoms with Gasteiger partial charge in [-0.2, -0.15) is 0 Å². The van der Waals surface area contributed by atoms with Gasteiger partial charge in [-0.15, -0.1) is 10.2 Å². The average molecular weight is 428 g/mol. The summed E-state index contributed by atoms with van der Waals surface area (Å²) < 4.78 is 5.35. The molecule has 2 aliphatic rings. The topological polar surface area (TPSA) is 104 Å². The van der Waals surface area contributed by atoms with Crippen molar-refractivity contribution in [2.45, 2.75) is 18.2 Å². The predicted molar refractivity (Wildman–Crippen MR) is 112 cm³/mol. The molecule has 2 aliphatic heterocycles. The van der Waals surface area contributed by atoms with Gasteiger partial charge in [0.25, 0.3) is 5.24 Å². The van der Waals surface area contributed by atoms with Crippen molar-refractivity contribution in [3.8, 4) is 0 Å². The predicted octanol–water partition coefficient (Wildman–Crippen LogP) is 3.12. The number of nitrogens with zero attached hydrogens (tertiary/aromatic N) is 3. The SMILES string of the molecule is O=C1N/C(=N/N=C2/S[C@H](CC(=O)c3ccccc3)C(=O)N2Cc2ccco2)CS1. The highest BCUT2D eigenvalue weighted by Crippen LogP contribution is 2.32. The lowest BCUT2D eigenvalue weighted by Crippen LogP contribution is -2.32. The number of rotatable bonds is 6. The first-order chi connectivity index (χ1) is 14.1. The number of benzene rings is 1. The lowest BCUT2D eigenvalue weighted by Gasteiger charge is -2.14. The fourth-order valence-electron chi connectivity index (χ4n) is 2.81. The molecule has 29 heavy (non-hydrogen) atoms. The van der Waals surface area contributed by atoms with Crippen molar-refractivity contribution in [1.82, 2.24) is 10.2 Å². The molecule has 2 amide bonds. The molecule has 2 aromatic rings. The highest BCUT2D eigenvalue weighted by atomic mass is 32.2. The summed E-state index contributed by atoms with van der Waals surface area (Å²) >= 11 is 2.30. The maximum Gasteiger partial charge on any atom is 0.284 e. The van der Waals surface area contributed by atoms with Crippen LogP contribution in [0.1, 0.15) is 22.5 Å². The molecule has 1 aromatic heterocycles. The molecular weight excluding hydrogens is 412 g/mol. The van der Waals surface area contributed by atoms with Gasteiger partial charge < -0.3 is 9.73 Å². The van der Waals surface area contributed by atoms with Crippen molar-refractivity contribution in [2.75, 3.05) is 5.75 Å². The van der Waals surface area contributed by atoms with E-state index in [1.807, 2.05) is 6.07 Å². The van der Waals surface area contributed by atoms with Gasteiger partial charge in [0, 0.05) is 12.0 Å². The van der Waals surface area contributed by atoms with Gasteiger partial charge in [0.05, 0.1) is 23.8 Å². The van der Waals surface area contributed by atoms with Gasteiger partial charge in [0.15, 0.2) is 11.0 Å². The molecular formula is C19H16N4O4S2. The zero-order valence-corrected chi connectivity index (χ0v) is 16.7. The Morgan fingerprint density at radius 3 is 2.69 bits per heavy atom. The van der Waals surface area contributed by atoms with Crippen LogP contribution in [0.15, 0.2) is 63.3 Å². The fraction of sp³-hybridized carbons (Fsp3) is 0.211. The van der Waals surface area contributed by atoms with Crippen molar-refractivity contribution >= 4 is 51.5 Å². The molecule has 3 heterocycles. The van der Waals surface area contributed by atoms with Crippen LogP contribution < -0.4 is 5.32 Å². The van der Waals surface area contributed by atoms with E-state index >= 15 is 0 Å². The molecule has 0 radical (unpaired) electrons. The average Bonchev–Trinajstić information content (AvgIpc) is 3.45. The van der Waals surface area contributed by atoms with E-state index in [0.717, 1.165) is 11.8 Å². The van der Waals surface area contributed by atoms with Crippen LogP contribution in [0.25, 0.3) is 0 Å². The number of hydrogen-bond acceptors (Lipinski definition) is 8. The Labute approximate surface area is 174 Å². The summed E-state index contributed by atoms with van der Waals surface area (Å²) in [6.45, 7) is 0.194. The van der Waals surface area contributed by atoms with Crippen molar-refractivity contribution in [3.63, 3.8) is 0 Å². The van der Waals surface area contributed by atoms with E-state index in [9.17, 15) is 14.4 Å². The molecule has 10 heteroatoms. The number of hydrogen-bond donors (Lipinski definition) is 1. The molecule has 1 N–H and O–H groups in total. The van der Waals surface area contributed by atoms with Gasteiger partial charge in [0.2, 0.25) is 5.91 Å². The van der Waals surface area contributed by atoms with Crippen LogP contribution in [0.5, 0.6) is 0 Å². The molecule has 4 rings (SSSR count). The number of amides is 2. The van der Waals surface area contributed by atoms with Gasteiger partial charge in [0.1, 0.15) is 11.6 Å².